The Morgan fingerprint density at radius 1 is 1.45 bits per heavy atom. The van der Waals surface area contributed by atoms with E-state index >= 15 is 0 Å². The molecule has 0 atom stereocenters. The fraction of sp³-hybridized carbons (Fsp3) is 0.125. The molecule has 1 aliphatic heterocycles. The van der Waals surface area contributed by atoms with Crippen LogP contribution in [0.4, 0.5) is 0 Å². The van der Waals surface area contributed by atoms with E-state index in [2.05, 4.69) is 0 Å². The predicted molar refractivity (Wildman–Crippen MR) is 40.2 cm³/mol. The van der Waals surface area contributed by atoms with Gasteiger partial charge in [-0.2, -0.15) is 0 Å². The Labute approximate surface area is 63.7 Å². The van der Waals surface area contributed by atoms with Crippen LogP contribution < -0.4 is 4.74 Å². The van der Waals surface area contributed by atoms with Gasteiger partial charge >= 0.3 is 0 Å². The van der Waals surface area contributed by atoms with Crippen molar-refractivity contribution in [2.45, 2.75) is 6.42 Å². The first-order valence-corrected chi connectivity index (χ1v) is 3.33. The lowest BCUT2D eigenvalue weighted by Gasteiger charge is -1.96. The third-order valence-electron chi connectivity index (χ3n) is 1.63. The molecule has 1 aliphatic rings. The Morgan fingerprint density at radius 2 is 2.27 bits per heavy atom. The van der Waals surface area contributed by atoms with Crippen LogP contribution in [0.1, 0.15) is 5.56 Å². The van der Waals surface area contributed by atoms with Gasteiger partial charge in [0.1, 0.15) is 11.5 Å². The number of fused-ring (bicyclic) bond motifs is 1. The highest BCUT2D eigenvalue weighted by atomic mass is 16.5. The minimum atomic E-state index is 0.224. The smallest absolute Gasteiger partial charge is 0.191 e. The topological polar surface area (TPSA) is 53.3 Å². The van der Waals surface area contributed by atoms with Gasteiger partial charge in [0.2, 0.25) is 0 Å². The molecule has 3 nitrogen and oxygen atoms in total. The second-order valence-corrected chi connectivity index (χ2v) is 2.49. The lowest BCUT2D eigenvalue weighted by molar-refractivity contribution is 0.473. The molecule has 0 spiro atoms. The number of hydrogen-bond donors (Lipinski definition) is 2. The lowest BCUT2D eigenvalue weighted by atomic mass is 10.1. The molecule has 2 N–H and O–H groups in total. The molecular weight excluding hydrogens is 142 g/mol. The maximum atomic E-state index is 9.06. The van der Waals surface area contributed by atoms with Crippen LogP contribution in [0.2, 0.25) is 0 Å². The molecule has 1 aromatic rings. The van der Waals surface area contributed by atoms with Gasteiger partial charge in [0.15, 0.2) is 5.90 Å². The minimum Gasteiger partial charge on any atom is -0.508 e. The average molecular weight is 149 g/mol. The van der Waals surface area contributed by atoms with Crippen molar-refractivity contribution in [2.75, 3.05) is 0 Å². The van der Waals surface area contributed by atoms with Crippen molar-refractivity contribution in [2.24, 2.45) is 0 Å². The van der Waals surface area contributed by atoms with Crippen molar-refractivity contribution in [3.05, 3.63) is 23.8 Å². The summed E-state index contributed by atoms with van der Waals surface area (Å²) in [5.74, 6) is 1.15. The van der Waals surface area contributed by atoms with Crippen LogP contribution in [0, 0.1) is 5.41 Å². The Hall–Kier alpha value is -1.51. The van der Waals surface area contributed by atoms with Crippen molar-refractivity contribution >= 4 is 5.90 Å². The Kier molecular flexibility index (Phi) is 1.12. The summed E-state index contributed by atoms with van der Waals surface area (Å²) in [5.41, 5.74) is 0.884. The molecule has 2 rings (SSSR count). The summed E-state index contributed by atoms with van der Waals surface area (Å²) in [6.07, 6.45) is 0.490. The van der Waals surface area contributed by atoms with Crippen LogP contribution in [0.25, 0.3) is 0 Å². The van der Waals surface area contributed by atoms with Crippen LogP contribution in [0.15, 0.2) is 18.2 Å². The van der Waals surface area contributed by atoms with Crippen LogP contribution in [0.5, 0.6) is 11.5 Å². The second kappa shape index (κ2) is 1.99. The number of nitrogens with one attached hydrogen (secondary N) is 1. The number of ether oxygens (including phenoxy) is 1. The van der Waals surface area contributed by atoms with E-state index in [-0.39, 0.29) is 11.6 Å². The highest BCUT2D eigenvalue weighted by Crippen LogP contribution is 2.28. The molecule has 56 valence electrons. The number of rotatable bonds is 0. The first-order valence-electron chi connectivity index (χ1n) is 3.33. The van der Waals surface area contributed by atoms with Gasteiger partial charge in [0, 0.05) is 5.56 Å². The van der Waals surface area contributed by atoms with Crippen LogP contribution >= 0.6 is 0 Å². The summed E-state index contributed by atoms with van der Waals surface area (Å²) in [6.45, 7) is 0. The maximum Gasteiger partial charge on any atom is 0.191 e. The van der Waals surface area contributed by atoms with Crippen molar-refractivity contribution in [3.8, 4) is 11.5 Å². The van der Waals surface area contributed by atoms with Gasteiger partial charge in [0.05, 0.1) is 6.42 Å². The molecule has 0 amide bonds. The summed E-state index contributed by atoms with van der Waals surface area (Å²) in [6, 6.07) is 4.85. The largest absolute Gasteiger partial charge is 0.508 e. The molecule has 0 saturated carbocycles. The summed E-state index contributed by atoms with van der Waals surface area (Å²) in [7, 11) is 0. The van der Waals surface area contributed by atoms with Gasteiger partial charge in [-0.3, -0.25) is 5.41 Å². The van der Waals surface area contributed by atoms with Crippen molar-refractivity contribution in [1.82, 2.24) is 0 Å². The van der Waals surface area contributed by atoms with Gasteiger partial charge < -0.3 is 9.84 Å². The fourth-order valence-electron chi connectivity index (χ4n) is 1.15. The number of hydrogen-bond acceptors (Lipinski definition) is 3. The molecule has 0 radical (unpaired) electrons. The van der Waals surface area contributed by atoms with Crippen molar-refractivity contribution in [3.63, 3.8) is 0 Å². The highest BCUT2D eigenvalue weighted by Gasteiger charge is 2.16. The Bertz CT molecular complexity index is 320. The van der Waals surface area contributed by atoms with E-state index < -0.39 is 0 Å². The molecule has 0 saturated heterocycles. The zero-order valence-electron chi connectivity index (χ0n) is 5.79. The van der Waals surface area contributed by atoms with Gasteiger partial charge in [-0.15, -0.1) is 0 Å². The third-order valence-corrected chi connectivity index (χ3v) is 1.63. The maximum absolute atomic E-state index is 9.06. The highest BCUT2D eigenvalue weighted by molar-refractivity contribution is 5.83. The number of phenols is 1. The summed E-state index contributed by atoms with van der Waals surface area (Å²) >= 11 is 0. The van der Waals surface area contributed by atoms with Crippen LogP contribution in [-0.4, -0.2) is 11.0 Å². The van der Waals surface area contributed by atoms with Gasteiger partial charge in [0.25, 0.3) is 0 Å². The average Bonchev–Trinajstić information content (AvgIpc) is 2.27. The predicted octanol–water partition coefficient (Wildman–Crippen LogP) is 1.30. The summed E-state index contributed by atoms with van der Waals surface area (Å²) in [5, 5.41) is 16.3. The van der Waals surface area contributed by atoms with E-state index in [1.165, 1.54) is 0 Å². The van der Waals surface area contributed by atoms with Crippen molar-refractivity contribution in [1.29, 1.82) is 5.41 Å². The van der Waals surface area contributed by atoms with E-state index in [0.717, 1.165) is 5.56 Å². The number of phenolic OH excluding ortho intramolecular Hbond substituents is 1. The Morgan fingerprint density at radius 3 is 3.09 bits per heavy atom. The molecule has 0 bridgehead atoms. The number of aromatic hydroxyl groups is 1. The zero-order chi connectivity index (χ0) is 7.84. The molecule has 3 heteroatoms. The van der Waals surface area contributed by atoms with Gasteiger partial charge in [-0.25, -0.2) is 0 Å². The number of benzene rings is 1. The van der Waals surface area contributed by atoms with E-state index in [0.29, 0.717) is 12.2 Å². The fourth-order valence-corrected chi connectivity index (χ4v) is 1.15. The first kappa shape index (κ1) is 6.22. The molecule has 0 fully saturated rings. The normalized spacial score (nSPS) is 14.4. The van der Waals surface area contributed by atoms with E-state index in [1.54, 1.807) is 18.2 Å². The minimum absolute atomic E-state index is 0.224. The Balaban J connectivity index is 2.51. The SMILES string of the molecule is N=C1Cc2cc(O)ccc2O1. The second-order valence-electron chi connectivity index (χ2n) is 2.49. The first-order chi connectivity index (χ1) is 5.25. The van der Waals surface area contributed by atoms with E-state index in [1.807, 2.05) is 0 Å². The van der Waals surface area contributed by atoms with E-state index in [4.69, 9.17) is 15.3 Å². The molecule has 11 heavy (non-hydrogen) atoms. The quantitative estimate of drug-likeness (QED) is 0.584. The van der Waals surface area contributed by atoms with Crippen LogP contribution in [-0.2, 0) is 6.42 Å². The van der Waals surface area contributed by atoms with Crippen molar-refractivity contribution < 1.29 is 9.84 Å². The molecule has 0 unspecified atom stereocenters. The standard InChI is InChI=1S/C8H7NO2/c9-8-4-5-3-6(10)1-2-7(5)11-8/h1-3,9-10H,4H2. The molecular formula is C8H7NO2. The van der Waals surface area contributed by atoms with Gasteiger partial charge in [-0.1, -0.05) is 0 Å². The summed E-state index contributed by atoms with van der Waals surface area (Å²) in [4.78, 5) is 0. The molecule has 1 aromatic carbocycles. The van der Waals surface area contributed by atoms with Gasteiger partial charge in [-0.05, 0) is 18.2 Å². The molecule has 0 aromatic heterocycles. The zero-order valence-corrected chi connectivity index (χ0v) is 5.79. The lowest BCUT2D eigenvalue weighted by Crippen LogP contribution is -1.98. The molecule has 0 aliphatic carbocycles. The van der Waals surface area contributed by atoms with E-state index in [9.17, 15) is 0 Å². The summed E-state index contributed by atoms with van der Waals surface area (Å²) < 4.78 is 5.03. The van der Waals surface area contributed by atoms with Crippen LogP contribution in [0.3, 0.4) is 0 Å². The third kappa shape index (κ3) is 0.941. The molecule has 1 heterocycles. The monoisotopic (exact) mass is 149 g/mol.